The zero-order valence-corrected chi connectivity index (χ0v) is 10.6. The van der Waals surface area contributed by atoms with Crippen LogP contribution in [0.2, 0.25) is 0 Å². The maximum Gasteiger partial charge on any atom is 0.174 e. The lowest BCUT2D eigenvalue weighted by Gasteiger charge is -2.49. The van der Waals surface area contributed by atoms with Crippen molar-refractivity contribution in [1.29, 1.82) is 5.26 Å². The first kappa shape index (κ1) is 11.4. The van der Waals surface area contributed by atoms with Gasteiger partial charge >= 0.3 is 0 Å². The predicted octanol–water partition coefficient (Wildman–Crippen LogP) is 2.97. The third-order valence-electron chi connectivity index (χ3n) is 4.22. The molecule has 1 aliphatic heterocycles. The van der Waals surface area contributed by atoms with E-state index in [4.69, 9.17) is 10.00 Å². The fourth-order valence-electron chi connectivity index (χ4n) is 3.26. The number of anilines is 1. The van der Waals surface area contributed by atoms with Gasteiger partial charge in [0.05, 0.1) is 0 Å². The molecule has 3 nitrogen and oxygen atoms in total. The minimum Gasteiger partial charge on any atom is -0.479 e. The van der Waals surface area contributed by atoms with E-state index in [1.807, 2.05) is 18.2 Å². The number of nitrogens with zero attached hydrogens (tertiary/aromatic N) is 2. The van der Waals surface area contributed by atoms with Gasteiger partial charge in [0.25, 0.3) is 0 Å². The van der Waals surface area contributed by atoms with Gasteiger partial charge in [0.2, 0.25) is 0 Å². The second kappa shape index (κ2) is 4.53. The van der Waals surface area contributed by atoms with Crippen molar-refractivity contribution in [2.75, 3.05) is 24.6 Å². The van der Waals surface area contributed by atoms with Crippen LogP contribution < -0.4 is 9.64 Å². The standard InChI is InChI=1S/C15H18N2O/c16-9-10-18-14-5-3-13(4-6-14)17-11-15(12-17)7-1-2-8-15/h3-6H,1-2,7-8,10-12H2. The summed E-state index contributed by atoms with van der Waals surface area (Å²) < 4.78 is 5.26. The fourth-order valence-corrected chi connectivity index (χ4v) is 3.26. The van der Waals surface area contributed by atoms with E-state index in [0.717, 1.165) is 5.75 Å². The topological polar surface area (TPSA) is 36.3 Å². The first-order valence-electron chi connectivity index (χ1n) is 6.66. The summed E-state index contributed by atoms with van der Waals surface area (Å²) in [6.07, 6.45) is 5.64. The summed E-state index contributed by atoms with van der Waals surface area (Å²) in [7, 11) is 0. The van der Waals surface area contributed by atoms with E-state index in [1.165, 1.54) is 44.5 Å². The van der Waals surface area contributed by atoms with Crippen molar-refractivity contribution in [2.45, 2.75) is 25.7 Å². The molecular weight excluding hydrogens is 224 g/mol. The first-order chi connectivity index (χ1) is 8.81. The Balaban J connectivity index is 1.59. The second-order valence-corrected chi connectivity index (χ2v) is 5.50. The van der Waals surface area contributed by atoms with Gasteiger partial charge in [0, 0.05) is 24.2 Å². The highest BCUT2D eigenvalue weighted by Gasteiger charge is 2.44. The molecule has 0 radical (unpaired) electrons. The van der Waals surface area contributed by atoms with Crippen molar-refractivity contribution in [3.8, 4) is 11.8 Å². The summed E-state index contributed by atoms with van der Waals surface area (Å²) >= 11 is 0. The highest BCUT2D eigenvalue weighted by atomic mass is 16.5. The van der Waals surface area contributed by atoms with Crippen LogP contribution in [0.3, 0.4) is 0 Å². The Bertz CT molecular complexity index is 446. The van der Waals surface area contributed by atoms with Crippen molar-refractivity contribution >= 4 is 5.69 Å². The SMILES string of the molecule is N#CCOc1ccc(N2CC3(CCCC3)C2)cc1. The Morgan fingerprint density at radius 1 is 1.17 bits per heavy atom. The highest BCUT2D eigenvalue weighted by molar-refractivity contribution is 5.52. The molecule has 0 atom stereocenters. The third kappa shape index (κ3) is 2.03. The molecule has 2 aliphatic rings. The van der Waals surface area contributed by atoms with Gasteiger partial charge in [-0.2, -0.15) is 5.26 Å². The third-order valence-corrected chi connectivity index (χ3v) is 4.22. The largest absolute Gasteiger partial charge is 0.479 e. The number of ether oxygens (including phenoxy) is 1. The molecular formula is C15H18N2O. The Kier molecular flexibility index (Phi) is 2.87. The molecule has 1 aromatic carbocycles. The van der Waals surface area contributed by atoms with Gasteiger partial charge in [0.1, 0.15) is 11.8 Å². The van der Waals surface area contributed by atoms with Crippen LogP contribution in [-0.2, 0) is 0 Å². The maximum atomic E-state index is 8.45. The van der Waals surface area contributed by atoms with E-state index in [2.05, 4.69) is 17.0 Å². The zero-order valence-electron chi connectivity index (χ0n) is 10.6. The number of hydrogen-bond acceptors (Lipinski definition) is 3. The van der Waals surface area contributed by atoms with Crippen LogP contribution in [0.4, 0.5) is 5.69 Å². The monoisotopic (exact) mass is 242 g/mol. The summed E-state index contributed by atoms with van der Waals surface area (Å²) in [5, 5.41) is 8.45. The van der Waals surface area contributed by atoms with Crippen molar-refractivity contribution in [3.05, 3.63) is 24.3 Å². The molecule has 0 aromatic heterocycles. The molecule has 0 amide bonds. The Morgan fingerprint density at radius 3 is 2.44 bits per heavy atom. The molecule has 3 heteroatoms. The lowest BCUT2D eigenvalue weighted by molar-refractivity contribution is 0.222. The van der Waals surface area contributed by atoms with Crippen molar-refractivity contribution < 1.29 is 4.74 Å². The van der Waals surface area contributed by atoms with Crippen LogP contribution in [0.1, 0.15) is 25.7 Å². The molecule has 0 unspecified atom stereocenters. The summed E-state index contributed by atoms with van der Waals surface area (Å²) in [5.41, 5.74) is 1.91. The quantitative estimate of drug-likeness (QED) is 0.817. The van der Waals surface area contributed by atoms with E-state index >= 15 is 0 Å². The Labute approximate surface area is 108 Å². The van der Waals surface area contributed by atoms with Gasteiger partial charge in [-0.3, -0.25) is 0 Å². The van der Waals surface area contributed by atoms with Gasteiger partial charge < -0.3 is 9.64 Å². The van der Waals surface area contributed by atoms with Gasteiger partial charge in [0.15, 0.2) is 6.61 Å². The number of rotatable bonds is 3. The van der Waals surface area contributed by atoms with E-state index in [1.54, 1.807) is 0 Å². The molecule has 3 rings (SSSR count). The number of hydrogen-bond donors (Lipinski definition) is 0. The smallest absolute Gasteiger partial charge is 0.174 e. The van der Waals surface area contributed by atoms with Gasteiger partial charge in [-0.05, 0) is 37.1 Å². The molecule has 94 valence electrons. The lowest BCUT2D eigenvalue weighted by atomic mass is 9.78. The Morgan fingerprint density at radius 2 is 1.83 bits per heavy atom. The van der Waals surface area contributed by atoms with Crippen LogP contribution in [0.15, 0.2) is 24.3 Å². The average molecular weight is 242 g/mol. The number of nitriles is 1. The normalized spacial score (nSPS) is 20.5. The Hall–Kier alpha value is -1.69. The molecule has 1 aliphatic carbocycles. The fraction of sp³-hybridized carbons (Fsp3) is 0.533. The lowest BCUT2D eigenvalue weighted by Crippen LogP contribution is -2.55. The van der Waals surface area contributed by atoms with Gasteiger partial charge in [-0.25, -0.2) is 0 Å². The molecule has 1 spiro atoms. The molecule has 1 saturated carbocycles. The minimum atomic E-state index is 0.117. The molecule has 0 N–H and O–H groups in total. The molecule has 1 saturated heterocycles. The average Bonchev–Trinajstić information content (AvgIpc) is 2.85. The summed E-state index contributed by atoms with van der Waals surface area (Å²) in [5.74, 6) is 0.774. The molecule has 18 heavy (non-hydrogen) atoms. The second-order valence-electron chi connectivity index (χ2n) is 5.50. The highest BCUT2D eigenvalue weighted by Crippen LogP contribution is 2.46. The maximum absolute atomic E-state index is 8.45. The van der Waals surface area contributed by atoms with E-state index in [0.29, 0.717) is 5.41 Å². The van der Waals surface area contributed by atoms with Gasteiger partial charge in [-0.15, -0.1) is 0 Å². The first-order valence-corrected chi connectivity index (χ1v) is 6.66. The molecule has 1 heterocycles. The van der Waals surface area contributed by atoms with Crippen molar-refractivity contribution in [1.82, 2.24) is 0 Å². The summed E-state index contributed by atoms with van der Waals surface area (Å²) in [6.45, 7) is 2.54. The van der Waals surface area contributed by atoms with Crippen molar-refractivity contribution in [3.63, 3.8) is 0 Å². The predicted molar refractivity (Wildman–Crippen MR) is 70.7 cm³/mol. The number of benzene rings is 1. The molecule has 0 bridgehead atoms. The molecule has 1 aromatic rings. The van der Waals surface area contributed by atoms with E-state index < -0.39 is 0 Å². The van der Waals surface area contributed by atoms with E-state index in [9.17, 15) is 0 Å². The zero-order chi connectivity index (χ0) is 12.4. The summed E-state index contributed by atoms with van der Waals surface area (Å²) in [4.78, 5) is 2.44. The van der Waals surface area contributed by atoms with Crippen LogP contribution in [0.5, 0.6) is 5.75 Å². The molecule has 2 fully saturated rings. The van der Waals surface area contributed by atoms with Crippen LogP contribution in [-0.4, -0.2) is 19.7 Å². The van der Waals surface area contributed by atoms with Crippen LogP contribution in [0, 0.1) is 16.7 Å². The minimum absolute atomic E-state index is 0.117. The van der Waals surface area contributed by atoms with Gasteiger partial charge in [-0.1, -0.05) is 12.8 Å². The summed E-state index contributed by atoms with van der Waals surface area (Å²) in [6, 6.07) is 10.1. The van der Waals surface area contributed by atoms with Crippen LogP contribution in [0.25, 0.3) is 0 Å². The van der Waals surface area contributed by atoms with Crippen molar-refractivity contribution in [2.24, 2.45) is 5.41 Å². The van der Waals surface area contributed by atoms with Crippen LogP contribution >= 0.6 is 0 Å². The van der Waals surface area contributed by atoms with E-state index in [-0.39, 0.29) is 6.61 Å².